The highest BCUT2D eigenvalue weighted by molar-refractivity contribution is 5.98. The summed E-state index contributed by atoms with van der Waals surface area (Å²) < 4.78 is 0. The zero-order valence-corrected chi connectivity index (χ0v) is 12.3. The largest absolute Gasteiger partial charge is 0.323 e. The number of anilines is 1. The van der Waals surface area contributed by atoms with Gasteiger partial charge in [-0.1, -0.05) is 37.8 Å². The van der Waals surface area contributed by atoms with Crippen LogP contribution in [-0.4, -0.2) is 5.91 Å². The molecule has 0 spiro atoms. The second-order valence-electron chi connectivity index (χ2n) is 5.67. The predicted molar refractivity (Wildman–Crippen MR) is 80.3 cm³/mol. The molecular formula is C17H19N3O. The Morgan fingerprint density at radius 1 is 1.19 bits per heavy atom. The number of hydrogen-bond donors (Lipinski definition) is 1. The first kappa shape index (κ1) is 15.1. The van der Waals surface area contributed by atoms with Gasteiger partial charge in [0.2, 0.25) is 5.91 Å². The number of carbonyl (C=O) groups excluding carboxylic acids is 1. The van der Waals surface area contributed by atoms with E-state index in [0.717, 1.165) is 31.2 Å². The molecule has 1 N–H and O–H groups in total. The lowest BCUT2D eigenvalue weighted by molar-refractivity contribution is -0.123. The zero-order valence-electron chi connectivity index (χ0n) is 12.3. The van der Waals surface area contributed by atoms with E-state index in [4.69, 9.17) is 0 Å². The summed E-state index contributed by atoms with van der Waals surface area (Å²) in [6.07, 6.45) is 5.15. The maximum atomic E-state index is 12.6. The lowest BCUT2D eigenvalue weighted by Crippen LogP contribution is -2.34. The van der Waals surface area contributed by atoms with Crippen molar-refractivity contribution in [1.29, 1.82) is 10.5 Å². The van der Waals surface area contributed by atoms with E-state index < -0.39 is 5.41 Å². The molecular weight excluding hydrogens is 262 g/mol. The van der Waals surface area contributed by atoms with Crippen molar-refractivity contribution in [3.63, 3.8) is 0 Å². The first-order chi connectivity index (χ1) is 10.1. The molecule has 108 valence electrons. The van der Waals surface area contributed by atoms with Crippen LogP contribution in [0.5, 0.6) is 0 Å². The number of nitrogens with zero attached hydrogens (tertiary/aromatic N) is 2. The minimum Gasteiger partial charge on any atom is -0.323 e. The van der Waals surface area contributed by atoms with E-state index in [0.29, 0.717) is 24.1 Å². The van der Waals surface area contributed by atoms with Gasteiger partial charge in [-0.25, -0.2) is 0 Å². The van der Waals surface area contributed by atoms with Crippen LogP contribution in [0.3, 0.4) is 0 Å². The van der Waals surface area contributed by atoms with E-state index in [1.807, 2.05) is 13.0 Å². The lowest BCUT2D eigenvalue weighted by Gasteiger charge is -2.24. The van der Waals surface area contributed by atoms with Crippen molar-refractivity contribution >= 4 is 11.6 Å². The smallest absolute Gasteiger partial charge is 0.244 e. The zero-order chi connectivity index (χ0) is 15.3. The summed E-state index contributed by atoms with van der Waals surface area (Å²) in [5, 5.41) is 21.6. The molecule has 0 aliphatic heterocycles. The lowest BCUT2D eigenvalue weighted by atomic mass is 9.81. The van der Waals surface area contributed by atoms with E-state index in [-0.39, 0.29) is 5.91 Å². The van der Waals surface area contributed by atoms with E-state index in [9.17, 15) is 15.3 Å². The van der Waals surface area contributed by atoms with Crippen LogP contribution in [0.4, 0.5) is 5.69 Å². The molecule has 0 atom stereocenters. The first-order valence-corrected chi connectivity index (χ1v) is 7.35. The highest BCUT2D eigenvalue weighted by Gasteiger charge is 2.39. The van der Waals surface area contributed by atoms with Gasteiger partial charge in [0, 0.05) is 0 Å². The fraction of sp³-hybridized carbons (Fsp3) is 0.471. The van der Waals surface area contributed by atoms with Crippen molar-refractivity contribution in [3.05, 3.63) is 29.3 Å². The quantitative estimate of drug-likeness (QED) is 0.840. The average Bonchev–Trinajstić information content (AvgIpc) is 2.74. The summed E-state index contributed by atoms with van der Waals surface area (Å²) in [5.74, 6) is -0.269. The van der Waals surface area contributed by atoms with Crippen LogP contribution >= 0.6 is 0 Å². The number of rotatable bonds is 2. The minimum atomic E-state index is -0.951. The normalized spacial score (nSPS) is 17.1. The molecule has 1 fully saturated rings. The van der Waals surface area contributed by atoms with Gasteiger partial charge in [-0.15, -0.1) is 0 Å². The van der Waals surface area contributed by atoms with E-state index in [1.165, 1.54) is 0 Å². The molecule has 0 radical (unpaired) electrons. The standard InChI is InChI=1S/C17H19N3O/c1-13-7-6-8-15(14(13)11-18)20-16(21)17(12-19)9-4-2-3-5-10-17/h6-8H,2-5,9-10H2,1H3,(H,20,21). The maximum Gasteiger partial charge on any atom is 0.244 e. The highest BCUT2D eigenvalue weighted by atomic mass is 16.2. The van der Waals surface area contributed by atoms with Gasteiger partial charge in [0.05, 0.1) is 17.3 Å². The van der Waals surface area contributed by atoms with Crippen molar-refractivity contribution in [3.8, 4) is 12.1 Å². The molecule has 0 unspecified atom stereocenters. The van der Waals surface area contributed by atoms with Crippen LogP contribution in [0.1, 0.15) is 49.7 Å². The summed E-state index contributed by atoms with van der Waals surface area (Å²) in [7, 11) is 0. The molecule has 0 heterocycles. The van der Waals surface area contributed by atoms with Gasteiger partial charge in [0.15, 0.2) is 0 Å². The molecule has 21 heavy (non-hydrogen) atoms. The van der Waals surface area contributed by atoms with E-state index in [1.54, 1.807) is 12.1 Å². The van der Waals surface area contributed by atoms with Crippen LogP contribution in [0, 0.1) is 35.0 Å². The molecule has 4 nitrogen and oxygen atoms in total. The van der Waals surface area contributed by atoms with Crippen molar-refractivity contribution in [2.75, 3.05) is 5.32 Å². The molecule has 0 aromatic heterocycles. The van der Waals surface area contributed by atoms with Crippen molar-refractivity contribution < 1.29 is 4.79 Å². The third-order valence-electron chi connectivity index (χ3n) is 4.24. The number of amides is 1. The van der Waals surface area contributed by atoms with Crippen LogP contribution in [0.25, 0.3) is 0 Å². The Morgan fingerprint density at radius 3 is 2.43 bits per heavy atom. The summed E-state index contributed by atoms with van der Waals surface area (Å²) in [6.45, 7) is 1.83. The Hall–Kier alpha value is -2.33. The van der Waals surface area contributed by atoms with Gasteiger partial charge in [-0.2, -0.15) is 10.5 Å². The molecule has 0 bridgehead atoms. The van der Waals surface area contributed by atoms with E-state index >= 15 is 0 Å². The SMILES string of the molecule is Cc1cccc(NC(=O)C2(C#N)CCCCCC2)c1C#N. The van der Waals surface area contributed by atoms with Gasteiger partial charge < -0.3 is 5.32 Å². The van der Waals surface area contributed by atoms with Crippen LogP contribution < -0.4 is 5.32 Å². The van der Waals surface area contributed by atoms with Crippen LogP contribution in [0.15, 0.2) is 18.2 Å². The van der Waals surface area contributed by atoms with Gasteiger partial charge >= 0.3 is 0 Å². The Balaban J connectivity index is 2.27. The number of carbonyl (C=O) groups is 1. The number of nitriles is 2. The summed E-state index contributed by atoms with van der Waals surface area (Å²) in [6, 6.07) is 9.70. The first-order valence-electron chi connectivity index (χ1n) is 7.35. The number of aryl methyl sites for hydroxylation is 1. The number of nitrogens with one attached hydrogen (secondary N) is 1. The fourth-order valence-corrected chi connectivity index (χ4v) is 2.88. The molecule has 4 heteroatoms. The Morgan fingerprint density at radius 2 is 1.86 bits per heavy atom. The monoisotopic (exact) mass is 281 g/mol. The third kappa shape index (κ3) is 3.06. The summed E-state index contributed by atoms with van der Waals surface area (Å²) in [4.78, 5) is 12.6. The molecule has 1 saturated carbocycles. The van der Waals surface area contributed by atoms with Gasteiger partial charge in [0.1, 0.15) is 11.5 Å². The van der Waals surface area contributed by atoms with E-state index in [2.05, 4.69) is 17.5 Å². The Kier molecular flexibility index (Phi) is 4.60. The molecule has 1 aliphatic carbocycles. The predicted octanol–water partition coefficient (Wildman–Crippen LogP) is 3.67. The van der Waals surface area contributed by atoms with Gasteiger partial charge in [-0.3, -0.25) is 4.79 Å². The molecule has 2 rings (SSSR count). The Labute approximate surface area is 125 Å². The average molecular weight is 281 g/mol. The van der Waals surface area contributed by atoms with Crippen LogP contribution in [0.2, 0.25) is 0 Å². The number of hydrogen-bond acceptors (Lipinski definition) is 3. The molecule has 1 amide bonds. The van der Waals surface area contributed by atoms with Crippen molar-refractivity contribution in [2.45, 2.75) is 45.4 Å². The minimum absolute atomic E-state index is 0.269. The molecule has 0 saturated heterocycles. The maximum absolute atomic E-state index is 12.6. The second-order valence-corrected chi connectivity index (χ2v) is 5.67. The van der Waals surface area contributed by atoms with Crippen molar-refractivity contribution in [1.82, 2.24) is 0 Å². The molecule has 1 aromatic carbocycles. The summed E-state index contributed by atoms with van der Waals surface area (Å²) in [5.41, 5.74) is 0.837. The molecule has 1 aromatic rings. The topological polar surface area (TPSA) is 76.7 Å². The number of benzene rings is 1. The van der Waals surface area contributed by atoms with Gasteiger partial charge in [0.25, 0.3) is 0 Å². The fourth-order valence-electron chi connectivity index (χ4n) is 2.88. The summed E-state index contributed by atoms with van der Waals surface area (Å²) >= 11 is 0. The third-order valence-corrected chi connectivity index (χ3v) is 4.24. The highest BCUT2D eigenvalue weighted by Crippen LogP contribution is 2.36. The second kappa shape index (κ2) is 6.41. The van der Waals surface area contributed by atoms with Gasteiger partial charge in [-0.05, 0) is 31.4 Å². The molecule has 1 aliphatic rings. The van der Waals surface area contributed by atoms with Crippen molar-refractivity contribution in [2.24, 2.45) is 5.41 Å². The Bertz CT molecular complexity index is 614. The van der Waals surface area contributed by atoms with Crippen LogP contribution in [-0.2, 0) is 4.79 Å².